The molecule has 2 atom stereocenters. The van der Waals surface area contributed by atoms with E-state index in [9.17, 15) is 5.11 Å². The summed E-state index contributed by atoms with van der Waals surface area (Å²) in [5, 5.41) is 12.8. The molecule has 0 aliphatic rings. The van der Waals surface area contributed by atoms with E-state index in [1.54, 1.807) is 0 Å². The van der Waals surface area contributed by atoms with Gasteiger partial charge in [-0.2, -0.15) is 0 Å². The minimum atomic E-state index is 0.365. The summed E-state index contributed by atoms with van der Waals surface area (Å²) in [5.74, 6) is 2.03. The summed E-state index contributed by atoms with van der Waals surface area (Å²) >= 11 is 7.12. The summed E-state index contributed by atoms with van der Waals surface area (Å²) in [5.41, 5.74) is 2.19. The van der Waals surface area contributed by atoms with Crippen molar-refractivity contribution < 1.29 is 5.11 Å². The fraction of sp³-hybridized carbons (Fsp3) is 0.700. The molecule has 2 unspecified atom stereocenters. The number of unbranched alkanes of at least 4 members (excludes halogenated alkanes) is 2. The first-order valence-electron chi connectivity index (χ1n) is 8.94. The summed E-state index contributed by atoms with van der Waals surface area (Å²) in [6.07, 6.45) is 7.58. The Bertz CT molecular complexity index is 445. The second kappa shape index (κ2) is 11.5. The predicted molar refractivity (Wildman–Crippen MR) is 109 cm³/mol. The van der Waals surface area contributed by atoms with Crippen LogP contribution in [0, 0.1) is 5.92 Å². The summed E-state index contributed by atoms with van der Waals surface area (Å²) < 4.78 is 0. The van der Waals surface area contributed by atoms with Gasteiger partial charge in [0.15, 0.2) is 0 Å². The molecule has 0 saturated carbocycles. The number of rotatable bonds is 11. The van der Waals surface area contributed by atoms with E-state index in [1.807, 2.05) is 6.07 Å². The molecule has 0 bridgehead atoms. The maximum Gasteiger partial charge on any atom is 0.122 e. The zero-order chi connectivity index (χ0) is 17.2. The van der Waals surface area contributed by atoms with Gasteiger partial charge in [0.2, 0.25) is 0 Å². The number of alkyl halides is 2. The van der Waals surface area contributed by atoms with E-state index in [2.05, 4.69) is 64.8 Å². The highest BCUT2D eigenvalue weighted by Crippen LogP contribution is 2.37. The standard InChI is InChI=1S/C20H32Br2O/c1-15(2)18-9-7-10-19(20(18)23)16(3)14-17(11-13-22)8-5-4-6-12-21/h7,9-10,15-17,23H,4-6,8,11-14H2,1-3H3. The van der Waals surface area contributed by atoms with E-state index in [4.69, 9.17) is 0 Å². The Labute approximate surface area is 159 Å². The Hall–Kier alpha value is -0.0200. The van der Waals surface area contributed by atoms with Gasteiger partial charge in [-0.15, -0.1) is 0 Å². The van der Waals surface area contributed by atoms with Crippen molar-refractivity contribution in [2.75, 3.05) is 10.7 Å². The lowest BCUT2D eigenvalue weighted by Crippen LogP contribution is -2.08. The molecule has 0 saturated heterocycles. The molecule has 1 N–H and O–H groups in total. The van der Waals surface area contributed by atoms with E-state index in [0.717, 1.165) is 34.1 Å². The first-order valence-corrected chi connectivity index (χ1v) is 11.2. The van der Waals surface area contributed by atoms with Crippen LogP contribution in [0.1, 0.15) is 82.3 Å². The van der Waals surface area contributed by atoms with Gasteiger partial charge in [0.1, 0.15) is 5.75 Å². The number of benzene rings is 1. The van der Waals surface area contributed by atoms with Crippen LogP contribution in [-0.2, 0) is 0 Å². The zero-order valence-electron chi connectivity index (χ0n) is 14.8. The van der Waals surface area contributed by atoms with Crippen molar-refractivity contribution >= 4 is 31.9 Å². The second-order valence-electron chi connectivity index (χ2n) is 6.96. The number of hydrogen-bond donors (Lipinski definition) is 1. The van der Waals surface area contributed by atoms with Crippen LogP contribution in [0.2, 0.25) is 0 Å². The van der Waals surface area contributed by atoms with E-state index in [0.29, 0.717) is 17.6 Å². The summed E-state index contributed by atoms with van der Waals surface area (Å²) in [4.78, 5) is 0. The molecule has 3 heteroatoms. The molecule has 0 aromatic heterocycles. The number of phenols is 1. The minimum Gasteiger partial charge on any atom is -0.507 e. The van der Waals surface area contributed by atoms with Crippen LogP contribution in [-0.4, -0.2) is 15.8 Å². The Morgan fingerprint density at radius 1 is 0.913 bits per heavy atom. The molecule has 0 radical (unpaired) electrons. The van der Waals surface area contributed by atoms with Gasteiger partial charge in [0.25, 0.3) is 0 Å². The van der Waals surface area contributed by atoms with Crippen LogP contribution in [0.25, 0.3) is 0 Å². The number of hydrogen-bond acceptors (Lipinski definition) is 1. The van der Waals surface area contributed by atoms with Gasteiger partial charge in [-0.25, -0.2) is 0 Å². The van der Waals surface area contributed by atoms with E-state index in [-0.39, 0.29) is 0 Å². The molecular weight excluding hydrogens is 416 g/mol. The lowest BCUT2D eigenvalue weighted by molar-refractivity contribution is 0.384. The average molecular weight is 448 g/mol. The molecule has 23 heavy (non-hydrogen) atoms. The zero-order valence-corrected chi connectivity index (χ0v) is 18.0. The SMILES string of the molecule is CC(C)c1cccc(C(C)CC(CCBr)CCCCCBr)c1O. The molecule has 132 valence electrons. The first kappa shape index (κ1) is 21.0. The van der Waals surface area contributed by atoms with Crippen LogP contribution < -0.4 is 0 Å². The minimum absolute atomic E-state index is 0.365. The number of para-hydroxylation sites is 1. The van der Waals surface area contributed by atoms with Crippen molar-refractivity contribution in [1.29, 1.82) is 0 Å². The fourth-order valence-corrected chi connectivity index (χ4v) is 4.35. The van der Waals surface area contributed by atoms with Gasteiger partial charge in [0.05, 0.1) is 0 Å². The fourth-order valence-electron chi connectivity index (χ4n) is 3.31. The van der Waals surface area contributed by atoms with Crippen LogP contribution in [0.15, 0.2) is 18.2 Å². The van der Waals surface area contributed by atoms with Crippen LogP contribution in [0.5, 0.6) is 5.75 Å². The van der Waals surface area contributed by atoms with Gasteiger partial charge < -0.3 is 5.11 Å². The summed E-state index contributed by atoms with van der Waals surface area (Å²) in [6.45, 7) is 6.54. The van der Waals surface area contributed by atoms with E-state index >= 15 is 0 Å². The third-order valence-corrected chi connectivity index (χ3v) is 5.72. The van der Waals surface area contributed by atoms with Gasteiger partial charge >= 0.3 is 0 Å². The van der Waals surface area contributed by atoms with Gasteiger partial charge in [0, 0.05) is 10.7 Å². The quantitative estimate of drug-likeness (QED) is 0.277. The van der Waals surface area contributed by atoms with E-state index in [1.165, 1.54) is 32.1 Å². The smallest absolute Gasteiger partial charge is 0.122 e. The average Bonchev–Trinajstić information content (AvgIpc) is 2.51. The third-order valence-electron chi connectivity index (χ3n) is 4.70. The molecule has 1 rings (SSSR count). The van der Waals surface area contributed by atoms with Crippen LogP contribution >= 0.6 is 31.9 Å². The first-order chi connectivity index (χ1) is 11.0. The largest absolute Gasteiger partial charge is 0.507 e. The van der Waals surface area contributed by atoms with Crippen LogP contribution in [0.4, 0.5) is 0 Å². The molecule has 1 aromatic carbocycles. The number of halogens is 2. The monoisotopic (exact) mass is 446 g/mol. The Balaban J connectivity index is 2.70. The Morgan fingerprint density at radius 3 is 2.22 bits per heavy atom. The lowest BCUT2D eigenvalue weighted by Gasteiger charge is -2.23. The maximum absolute atomic E-state index is 10.6. The van der Waals surface area contributed by atoms with E-state index < -0.39 is 0 Å². The molecule has 0 fully saturated rings. The molecular formula is C20H32Br2O. The predicted octanol–water partition coefficient (Wildman–Crippen LogP) is 7.37. The van der Waals surface area contributed by atoms with Gasteiger partial charge in [-0.05, 0) is 48.1 Å². The second-order valence-corrected chi connectivity index (χ2v) is 8.54. The highest BCUT2D eigenvalue weighted by atomic mass is 79.9. The van der Waals surface area contributed by atoms with Crippen molar-refractivity contribution in [3.05, 3.63) is 29.3 Å². The van der Waals surface area contributed by atoms with Crippen molar-refractivity contribution in [2.24, 2.45) is 5.92 Å². The highest BCUT2D eigenvalue weighted by Gasteiger charge is 2.19. The summed E-state index contributed by atoms with van der Waals surface area (Å²) in [6, 6.07) is 6.24. The Morgan fingerprint density at radius 2 is 1.61 bits per heavy atom. The van der Waals surface area contributed by atoms with Crippen molar-refractivity contribution in [1.82, 2.24) is 0 Å². The third kappa shape index (κ3) is 7.17. The number of phenolic OH excluding ortho intramolecular Hbond substituents is 1. The molecule has 0 spiro atoms. The molecule has 0 heterocycles. The highest BCUT2D eigenvalue weighted by molar-refractivity contribution is 9.09. The normalized spacial score (nSPS) is 14.2. The molecule has 1 nitrogen and oxygen atoms in total. The van der Waals surface area contributed by atoms with Gasteiger partial charge in [-0.1, -0.05) is 90.1 Å². The molecule has 0 aliphatic carbocycles. The Kier molecular flexibility index (Phi) is 10.5. The van der Waals surface area contributed by atoms with Crippen LogP contribution in [0.3, 0.4) is 0 Å². The molecule has 0 amide bonds. The van der Waals surface area contributed by atoms with Crippen molar-refractivity contribution in [3.63, 3.8) is 0 Å². The van der Waals surface area contributed by atoms with Gasteiger partial charge in [-0.3, -0.25) is 0 Å². The topological polar surface area (TPSA) is 20.2 Å². The molecule has 1 aromatic rings. The maximum atomic E-state index is 10.6. The van der Waals surface area contributed by atoms with Crippen molar-refractivity contribution in [2.45, 2.75) is 71.1 Å². The van der Waals surface area contributed by atoms with Crippen molar-refractivity contribution in [3.8, 4) is 5.75 Å². The lowest BCUT2D eigenvalue weighted by atomic mass is 9.84. The summed E-state index contributed by atoms with van der Waals surface area (Å²) in [7, 11) is 0. The number of aromatic hydroxyl groups is 1. The molecule has 0 aliphatic heterocycles.